The van der Waals surface area contributed by atoms with Crippen molar-refractivity contribution in [2.24, 2.45) is 5.92 Å². The summed E-state index contributed by atoms with van der Waals surface area (Å²) >= 11 is 1.60. The van der Waals surface area contributed by atoms with Crippen molar-refractivity contribution in [1.82, 2.24) is 5.32 Å². The molecule has 3 rings (SSSR count). The summed E-state index contributed by atoms with van der Waals surface area (Å²) in [7, 11) is 0. The number of amides is 1. The zero-order valence-corrected chi connectivity index (χ0v) is 12.8. The van der Waals surface area contributed by atoms with E-state index >= 15 is 0 Å². The summed E-state index contributed by atoms with van der Waals surface area (Å²) in [4.78, 5) is 14.3. The van der Waals surface area contributed by atoms with Gasteiger partial charge in [-0.15, -0.1) is 11.3 Å². The van der Waals surface area contributed by atoms with Crippen molar-refractivity contribution in [3.05, 3.63) is 57.0 Å². The Balaban J connectivity index is 1.66. The first-order valence-electron chi connectivity index (χ1n) is 7.26. The molecule has 1 aromatic heterocycles. The van der Waals surface area contributed by atoms with Crippen LogP contribution in [-0.4, -0.2) is 5.91 Å². The molecule has 1 amide bonds. The first kappa shape index (κ1) is 14.3. The van der Waals surface area contributed by atoms with Gasteiger partial charge in [-0.3, -0.25) is 4.79 Å². The summed E-state index contributed by atoms with van der Waals surface area (Å²) in [6.45, 7) is 2.61. The number of hydrogen-bond donors (Lipinski definition) is 1. The van der Waals surface area contributed by atoms with E-state index in [1.807, 2.05) is 12.1 Å². The molecule has 0 saturated carbocycles. The van der Waals surface area contributed by atoms with Gasteiger partial charge in [0, 0.05) is 11.4 Å². The number of rotatable bonds is 3. The summed E-state index contributed by atoms with van der Waals surface area (Å²) in [6.07, 6.45) is 3.36. The molecule has 0 saturated heterocycles. The van der Waals surface area contributed by atoms with Crippen LogP contribution in [0.3, 0.4) is 0 Å². The highest BCUT2D eigenvalue weighted by Gasteiger charge is 2.20. The standard InChI is InChI=1S/C17H18FNOS/c1-11-5-6-15-13(7-11)9-16(21-15)17(20)19-10-12-3-2-4-14(18)8-12/h2-4,8-9,11H,5-7,10H2,1H3,(H,19,20). The number of nitrogens with one attached hydrogen (secondary N) is 1. The lowest BCUT2D eigenvalue weighted by molar-refractivity contribution is 0.0955. The molecule has 110 valence electrons. The van der Waals surface area contributed by atoms with Crippen LogP contribution in [0.1, 0.15) is 39.0 Å². The topological polar surface area (TPSA) is 29.1 Å². The maximum absolute atomic E-state index is 13.1. The van der Waals surface area contributed by atoms with E-state index in [1.54, 1.807) is 17.4 Å². The number of carbonyl (C=O) groups is 1. The van der Waals surface area contributed by atoms with Gasteiger partial charge < -0.3 is 5.32 Å². The summed E-state index contributed by atoms with van der Waals surface area (Å²) < 4.78 is 13.1. The van der Waals surface area contributed by atoms with Gasteiger partial charge in [-0.1, -0.05) is 19.1 Å². The van der Waals surface area contributed by atoms with Crippen LogP contribution < -0.4 is 5.32 Å². The normalized spacial score (nSPS) is 17.3. The minimum absolute atomic E-state index is 0.0636. The van der Waals surface area contributed by atoms with E-state index in [9.17, 15) is 9.18 Å². The van der Waals surface area contributed by atoms with Gasteiger partial charge in [0.05, 0.1) is 4.88 Å². The molecule has 4 heteroatoms. The van der Waals surface area contributed by atoms with E-state index in [0.29, 0.717) is 12.5 Å². The predicted octanol–water partition coefficient (Wildman–Crippen LogP) is 3.94. The Morgan fingerprint density at radius 3 is 3.10 bits per heavy atom. The quantitative estimate of drug-likeness (QED) is 0.914. The molecular formula is C17H18FNOS. The molecule has 1 aliphatic carbocycles. The van der Waals surface area contributed by atoms with E-state index in [0.717, 1.165) is 23.3 Å². The van der Waals surface area contributed by atoms with Crippen molar-refractivity contribution < 1.29 is 9.18 Å². The highest BCUT2D eigenvalue weighted by atomic mass is 32.1. The molecule has 0 fully saturated rings. The third-order valence-corrected chi connectivity index (χ3v) is 5.13. The van der Waals surface area contributed by atoms with Gasteiger partial charge in [0.2, 0.25) is 0 Å². The van der Waals surface area contributed by atoms with Gasteiger partial charge in [-0.2, -0.15) is 0 Å². The van der Waals surface area contributed by atoms with Crippen LogP contribution in [0.2, 0.25) is 0 Å². The van der Waals surface area contributed by atoms with Gasteiger partial charge in [-0.05, 0) is 54.5 Å². The van der Waals surface area contributed by atoms with E-state index in [1.165, 1.54) is 29.0 Å². The first-order chi connectivity index (χ1) is 10.1. The third-order valence-electron chi connectivity index (χ3n) is 3.90. The van der Waals surface area contributed by atoms with Gasteiger partial charge in [0.1, 0.15) is 5.82 Å². The van der Waals surface area contributed by atoms with Crippen molar-refractivity contribution >= 4 is 17.2 Å². The summed E-state index contributed by atoms with van der Waals surface area (Å²) in [5, 5.41) is 2.87. The fourth-order valence-corrected chi connectivity index (χ4v) is 3.86. The van der Waals surface area contributed by atoms with Gasteiger partial charge in [-0.25, -0.2) is 4.39 Å². The van der Waals surface area contributed by atoms with Crippen LogP contribution in [0.5, 0.6) is 0 Å². The molecule has 21 heavy (non-hydrogen) atoms. The lowest BCUT2D eigenvalue weighted by atomic mass is 9.90. The Bertz CT molecular complexity index is 665. The SMILES string of the molecule is CC1CCc2sc(C(=O)NCc3cccc(F)c3)cc2C1. The molecule has 2 aromatic rings. The molecular weight excluding hydrogens is 285 g/mol. The Hall–Kier alpha value is -1.68. The highest BCUT2D eigenvalue weighted by molar-refractivity contribution is 7.14. The molecule has 1 N–H and O–H groups in total. The molecule has 1 aromatic carbocycles. The van der Waals surface area contributed by atoms with Crippen LogP contribution in [-0.2, 0) is 19.4 Å². The van der Waals surface area contributed by atoms with Crippen LogP contribution in [0.15, 0.2) is 30.3 Å². The average molecular weight is 303 g/mol. The number of thiophene rings is 1. The summed E-state index contributed by atoms with van der Waals surface area (Å²) in [6, 6.07) is 8.34. The lowest BCUT2D eigenvalue weighted by Gasteiger charge is -2.16. The molecule has 0 spiro atoms. The maximum atomic E-state index is 13.1. The molecule has 1 atom stereocenters. The Kier molecular flexibility index (Phi) is 4.06. The zero-order chi connectivity index (χ0) is 14.8. The van der Waals surface area contributed by atoms with E-state index in [2.05, 4.69) is 12.2 Å². The fourth-order valence-electron chi connectivity index (χ4n) is 2.73. The fraction of sp³-hybridized carbons (Fsp3) is 0.353. The number of halogens is 1. The largest absolute Gasteiger partial charge is 0.347 e. The number of hydrogen-bond acceptors (Lipinski definition) is 2. The minimum atomic E-state index is -0.276. The van der Waals surface area contributed by atoms with Crippen molar-refractivity contribution in [1.29, 1.82) is 0 Å². The predicted molar refractivity (Wildman–Crippen MR) is 83.1 cm³/mol. The second-order valence-electron chi connectivity index (χ2n) is 5.72. The molecule has 0 aliphatic heterocycles. The molecule has 0 bridgehead atoms. The second kappa shape index (κ2) is 5.98. The number of aryl methyl sites for hydroxylation is 1. The second-order valence-corrected chi connectivity index (χ2v) is 6.86. The Morgan fingerprint density at radius 2 is 2.29 bits per heavy atom. The first-order valence-corrected chi connectivity index (χ1v) is 8.07. The Morgan fingerprint density at radius 1 is 1.43 bits per heavy atom. The molecule has 1 heterocycles. The Labute approximate surface area is 128 Å². The average Bonchev–Trinajstić information content (AvgIpc) is 2.88. The van der Waals surface area contributed by atoms with Crippen LogP contribution in [0.25, 0.3) is 0 Å². The smallest absolute Gasteiger partial charge is 0.261 e. The van der Waals surface area contributed by atoms with Gasteiger partial charge in [0.25, 0.3) is 5.91 Å². The van der Waals surface area contributed by atoms with Crippen molar-refractivity contribution in [3.8, 4) is 0 Å². The summed E-state index contributed by atoms with van der Waals surface area (Å²) in [5.41, 5.74) is 2.10. The molecule has 0 radical (unpaired) electrons. The molecule has 1 aliphatic rings. The molecule has 2 nitrogen and oxygen atoms in total. The van der Waals surface area contributed by atoms with E-state index in [4.69, 9.17) is 0 Å². The number of benzene rings is 1. The van der Waals surface area contributed by atoms with Gasteiger partial charge in [0.15, 0.2) is 0 Å². The lowest BCUT2D eigenvalue weighted by Crippen LogP contribution is -2.21. The van der Waals surface area contributed by atoms with Crippen molar-refractivity contribution in [2.45, 2.75) is 32.7 Å². The number of carbonyl (C=O) groups excluding carboxylic acids is 1. The van der Waals surface area contributed by atoms with Gasteiger partial charge >= 0.3 is 0 Å². The molecule has 1 unspecified atom stereocenters. The van der Waals surface area contributed by atoms with E-state index in [-0.39, 0.29) is 11.7 Å². The van der Waals surface area contributed by atoms with Crippen LogP contribution >= 0.6 is 11.3 Å². The maximum Gasteiger partial charge on any atom is 0.261 e. The van der Waals surface area contributed by atoms with Crippen molar-refractivity contribution in [3.63, 3.8) is 0 Å². The summed E-state index contributed by atoms with van der Waals surface area (Å²) in [5.74, 6) is 0.365. The van der Waals surface area contributed by atoms with E-state index < -0.39 is 0 Å². The van der Waals surface area contributed by atoms with Crippen LogP contribution in [0.4, 0.5) is 4.39 Å². The monoisotopic (exact) mass is 303 g/mol. The minimum Gasteiger partial charge on any atom is -0.347 e. The third kappa shape index (κ3) is 3.32. The highest BCUT2D eigenvalue weighted by Crippen LogP contribution is 2.32. The number of fused-ring (bicyclic) bond motifs is 1. The van der Waals surface area contributed by atoms with Crippen molar-refractivity contribution in [2.75, 3.05) is 0 Å². The zero-order valence-electron chi connectivity index (χ0n) is 12.0. The van der Waals surface area contributed by atoms with Crippen LogP contribution in [0, 0.1) is 11.7 Å².